The molecule has 0 unspecified atom stereocenters. The normalized spacial score (nSPS) is 10.5. The van der Waals surface area contributed by atoms with E-state index in [1.165, 1.54) is 0 Å². The molecular weight excluding hydrogens is 260 g/mol. The molecule has 0 fully saturated rings. The number of hydrogen-bond acceptors (Lipinski definition) is 4. The van der Waals surface area contributed by atoms with Gasteiger partial charge >= 0.3 is 0 Å². The van der Waals surface area contributed by atoms with Gasteiger partial charge in [0, 0.05) is 17.5 Å². The Labute approximate surface area is 123 Å². The number of fused-ring (bicyclic) bond motifs is 1. The summed E-state index contributed by atoms with van der Waals surface area (Å²) < 4.78 is 0. The van der Waals surface area contributed by atoms with Crippen LogP contribution in [0.15, 0.2) is 36.4 Å². The average Bonchev–Trinajstić information content (AvgIpc) is 2.54. The van der Waals surface area contributed by atoms with E-state index in [1.54, 1.807) is 0 Å². The highest BCUT2D eigenvalue weighted by Gasteiger charge is 2.08. The zero-order chi connectivity index (χ0) is 14.8. The average molecular weight is 274 g/mol. The Kier molecular flexibility index (Phi) is 3.25. The summed E-state index contributed by atoms with van der Waals surface area (Å²) in [6.45, 7) is 1.99. The van der Waals surface area contributed by atoms with E-state index in [2.05, 4.69) is 20.9 Å². The molecule has 3 aromatic rings. The van der Waals surface area contributed by atoms with Crippen LogP contribution in [0.1, 0.15) is 18.3 Å². The molecule has 3 rings (SSSR count). The molecule has 0 saturated carbocycles. The van der Waals surface area contributed by atoms with Crippen molar-refractivity contribution in [3.05, 3.63) is 47.8 Å². The molecule has 0 atom stereocenters. The fourth-order valence-corrected chi connectivity index (χ4v) is 2.17. The van der Waals surface area contributed by atoms with Gasteiger partial charge in [0.25, 0.3) is 0 Å². The summed E-state index contributed by atoms with van der Waals surface area (Å²) in [6, 6.07) is 11.5. The first-order valence-corrected chi connectivity index (χ1v) is 6.71. The largest absolute Gasteiger partial charge is 0.382 e. The first-order chi connectivity index (χ1) is 10.2. The number of nitrogens with two attached hydrogens (primary N) is 1. The van der Waals surface area contributed by atoms with Crippen molar-refractivity contribution in [3.63, 3.8) is 0 Å². The Balaban J connectivity index is 2.17. The summed E-state index contributed by atoms with van der Waals surface area (Å²) in [6.07, 6.45) is 6.18. The van der Waals surface area contributed by atoms with E-state index in [0.29, 0.717) is 11.3 Å². The van der Waals surface area contributed by atoms with Crippen LogP contribution < -0.4 is 5.73 Å². The molecule has 0 spiro atoms. The minimum Gasteiger partial charge on any atom is -0.382 e. The summed E-state index contributed by atoms with van der Waals surface area (Å²) in [7, 11) is 0. The molecule has 2 heterocycles. The number of anilines is 1. The summed E-state index contributed by atoms with van der Waals surface area (Å²) in [5, 5.41) is 0. The molecule has 0 aliphatic rings. The third-order valence-corrected chi connectivity index (χ3v) is 3.26. The highest BCUT2D eigenvalue weighted by Crippen LogP contribution is 2.23. The number of terminal acetylenes is 1. The van der Waals surface area contributed by atoms with E-state index in [1.807, 2.05) is 43.3 Å². The molecule has 0 aliphatic carbocycles. The van der Waals surface area contributed by atoms with Crippen LogP contribution in [-0.4, -0.2) is 15.0 Å². The Morgan fingerprint density at radius 1 is 1.14 bits per heavy atom. The number of nitrogens with zero attached hydrogens (tertiary/aromatic N) is 3. The van der Waals surface area contributed by atoms with E-state index < -0.39 is 0 Å². The second-order valence-electron chi connectivity index (χ2n) is 4.67. The SMILES string of the molecule is C#Cc1cccc(-c2ccc3nc(CC)nc(N)c3n2)c1. The second kappa shape index (κ2) is 5.22. The first kappa shape index (κ1) is 13.1. The Bertz CT molecular complexity index is 862. The number of pyridine rings is 1. The van der Waals surface area contributed by atoms with E-state index in [-0.39, 0.29) is 0 Å². The van der Waals surface area contributed by atoms with Crippen molar-refractivity contribution in [3.8, 4) is 23.6 Å². The number of benzene rings is 1. The maximum Gasteiger partial charge on any atom is 0.153 e. The highest BCUT2D eigenvalue weighted by molar-refractivity contribution is 5.86. The monoisotopic (exact) mass is 274 g/mol. The van der Waals surface area contributed by atoms with Crippen LogP contribution >= 0.6 is 0 Å². The molecule has 1 aromatic carbocycles. The zero-order valence-corrected chi connectivity index (χ0v) is 11.7. The molecule has 4 heteroatoms. The molecule has 21 heavy (non-hydrogen) atoms. The van der Waals surface area contributed by atoms with Crippen LogP contribution in [0.5, 0.6) is 0 Å². The van der Waals surface area contributed by atoms with Crippen LogP contribution in [0.4, 0.5) is 5.82 Å². The molecule has 4 nitrogen and oxygen atoms in total. The Hall–Kier alpha value is -2.93. The standard InChI is InChI=1S/C17H14N4/c1-3-11-6-5-7-12(10-11)13-8-9-14-16(20-13)17(18)21-15(4-2)19-14/h1,5-10H,4H2,2H3,(H2,18,19,21). The third-order valence-electron chi connectivity index (χ3n) is 3.26. The zero-order valence-electron chi connectivity index (χ0n) is 11.7. The molecule has 2 aromatic heterocycles. The lowest BCUT2D eigenvalue weighted by Crippen LogP contribution is -2.01. The predicted octanol–water partition coefficient (Wildman–Crippen LogP) is 2.82. The van der Waals surface area contributed by atoms with Crippen molar-refractivity contribution in [2.75, 3.05) is 5.73 Å². The van der Waals surface area contributed by atoms with Gasteiger partial charge in [-0.3, -0.25) is 0 Å². The van der Waals surface area contributed by atoms with Gasteiger partial charge in [-0.25, -0.2) is 15.0 Å². The number of aromatic nitrogens is 3. The van der Waals surface area contributed by atoms with Crippen molar-refractivity contribution in [2.45, 2.75) is 13.3 Å². The lowest BCUT2D eigenvalue weighted by molar-refractivity contribution is 0.963. The predicted molar refractivity (Wildman–Crippen MR) is 84.5 cm³/mol. The Morgan fingerprint density at radius 3 is 2.76 bits per heavy atom. The fourth-order valence-electron chi connectivity index (χ4n) is 2.17. The van der Waals surface area contributed by atoms with Gasteiger partial charge in [0.1, 0.15) is 11.3 Å². The summed E-state index contributed by atoms with van der Waals surface area (Å²) in [5.74, 6) is 3.76. The van der Waals surface area contributed by atoms with E-state index >= 15 is 0 Å². The smallest absolute Gasteiger partial charge is 0.153 e. The molecule has 2 N–H and O–H groups in total. The van der Waals surface area contributed by atoms with Gasteiger partial charge in [-0.1, -0.05) is 25.0 Å². The van der Waals surface area contributed by atoms with Crippen molar-refractivity contribution in [1.29, 1.82) is 0 Å². The minimum atomic E-state index is 0.409. The minimum absolute atomic E-state index is 0.409. The lowest BCUT2D eigenvalue weighted by Gasteiger charge is -2.06. The molecule has 0 bridgehead atoms. The molecular formula is C17H14N4. The quantitative estimate of drug-likeness (QED) is 0.730. The number of hydrogen-bond donors (Lipinski definition) is 1. The van der Waals surface area contributed by atoms with Crippen molar-refractivity contribution in [2.24, 2.45) is 0 Å². The molecule has 0 aliphatic heterocycles. The number of aryl methyl sites for hydroxylation is 1. The molecule has 0 saturated heterocycles. The number of rotatable bonds is 2. The summed E-state index contributed by atoms with van der Waals surface area (Å²) >= 11 is 0. The van der Waals surface area contributed by atoms with Crippen LogP contribution in [-0.2, 0) is 6.42 Å². The van der Waals surface area contributed by atoms with Gasteiger partial charge in [0.2, 0.25) is 0 Å². The van der Waals surface area contributed by atoms with E-state index in [0.717, 1.165) is 34.6 Å². The lowest BCUT2D eigenvalue weighted by atomic mass is 10.1. The van der Waals surface area contributed by atoms with Crippen LogP contribution in [0.25, 0.3) is 22.3 Å². The van der Waals surface area contributed by atoms with Gasteiger partial charge in [0.15, 0.2) is 5.82 Å². The van der Waals surface area contributed by atoms with Gasteiger partial charge in [-0.15, -0.1) is 6.42 Å². The van der Waals surface area contributed by atoms with Crippen molar-refractivity contribution in [1.82, 2.24) is 15.0 Å². The Morgan fingerprint density at radius 2 is 2.00 bits per heavy atom. The maximum absolute atomic E-state index is 5.99. The summed E-state index contributed by atoms with van der Waals surface area (Å²) in [4.78, 5) is 13.3. The molecule has 102 valence electrons. The topological polar surface area (TPSA) is 64.7 Å². The molecule has 0 radical (unpaired) electrons. The molecule has 0 amide bonds. The van der Waals surface area contributed by atoms with Gasteiger partial charge in [-0.2, -0.15) is 0 Å². The number of nitrogen functional groups attached to an aromatic ring is 1. The summed E-state index contributed by atoms with van der Waals surface area (Å²) in [5.41, 5.74) is 9.95. The van der Waals surface area contributed by atoms with Gasteiger partial charge in [-0.05, 0) is 24.3 Å². The first-order valence-electron chi connectivity index (χ1n) is 6.71. The van der Waals surface area contributed by atoms with Crippen molar-refractivity contribution >= 4 is 16.9 Å². The van der Waals surface area contributed by atoms with Crippen LogP contribution in [0.3, 0.4) is 0 Å². The van der Waals surface area contributed by atoms with E-state index in [4.69, 9.17) is 12.2 Å². The van der Waals surface area contributed by atoms with Crippen LogP contribution in [0, 0.1) is 12.3 Å². The maximum atomic E-state index is 5.99. The van der Waals surface area contributed by atoms with Crippen molar-refractivity contribution < 1.29 is 0 Å². The van der Waals surface area contributed by atoms with E-state index in [9.17, 15) is 0 Å². The van der Waals surface area contributed by atoms with Gasteiger partial charge < -0.3 is 5.73 Å². The van der Waals surface area contributed by atoms with Crippen LogP contribution in [0.2, 0.25) is 0 Å². The second-order valence-corrected chi connectivity index (χ2v) is 4.67. The fraction of sp³-hybridized carbons (Fsp3) is 0.118. The van der Waals surface area contributed by atoms with Gasteiger partial charge in [0.05, 0.1) is 11.2 Å². The highest BCUT2D eigenvalue weighted by atomic mass is 15.0. The third kappa shape index (κ3) is 2.41.